The molecule has 0 amide bonds. The lowest BCUT2D eigenvalue weighted by Gasteiger charge is -2.34. The maximum atomic E-state index is 14.1. The van der Waals surface area contributed by atoms with Gasteiger partial charge in [0.05, 0.1) is 16.7 Å². The predicted molar refractivity (Wildman–Crippen MR) is 98.2 cm³/mol. The molecular weight excluding hydrogens is 337 g/mol. The first-order valence-corrected chi connectivity index (χ1v) is 8.73. The fourth-order valence-corrected chi connectivity index (χ4v) is 3.14. The van der Waals surface area contributed by atoms with Gasteiger partial charge in [0.2, 0.25) is 0 Å². The number of anilines is 1. The summed E-state index contributed by atoms with van der Waals surface area (Å²) < 4.78 is 19.8. The van der Waals surface area contributed by atoms with Gasteiger partial charge in [0, 0.05) is 31.7 Å². The molecule has 1 N–H and O–H groups in total. The van der Waals surface area contributed by atoms with Crippen molar-refractivity contribution in [3.8, 4) is 5.75 Å². The maximum absolute atomic E-state index is 14.1. The molecule has 3 rings (SSSR count). The second-order valence-corrected chi connectivity index (χ2v) is 6.27. The first kappa shape index (κ1) is 18.1. The van der Waals surface area contributed by atoms with E-state index in [1.807, 2.05) is 35.2 Å². The van der Waals surface area contributed by atoms with Crippen molar-refractivity contribution in [1.82, 2.24) is 5.32 Å². The van der Waals surface area contributed by atoms with Crippen molar-refractivity contribution >= 4 is 11.4 Å². The van der Waals surface area contributed by atoms with Crippen LogP contribution in [0.1, 0.15) is 12.8 Å². The molecule has 2 aromatic rings. The predicted octanol–water partition coefficient (Wildman–Crippen LogP) is 3.37. The maximum Gasteiger partial charge on any atom is 0.272 e. The number of non-ortho nitro benzene ring substituents is 1. The van der Waals surface area contributed by atoms with Crippen molar-refractivity contribution in [3.05, 3.63) is 64.5 Å². The Labute approximate surface area is 151 Å². The molecule has 2 aromatic carbocycles. The highest BCUT2D eigenvalue weighted by Crippen LogP contribution is 2.26. The van der Waals surface area contributed by atoms with Crippen LogP contribution in [-0.4, -0.2) is 37.2 Å². The van der Waals surface area contributed by atoms with E-state index in [0.717, 1.165) is 31.2 Å². The van der Waals surface area contributed by atoms with Gasteiger partial charge in [-0.2, -0.15) is 0 Å². The van der Waals surface area contributed by atoms with Crippen LogP contribution in [0.5, 0.6) is 5.75 Å². The SMILES string of the molecule is O=[N+]([O-])c1ccc(N2CCC(NCCOc3ccccc3)CC2)c(F)c1. The zero-order chi connectivity index (χ0) is 18.4. The monoisotopic (exact) mass is 359 g/mol. The summed E-state index contributed by atoms with van der Waals surface area (Å²) in [6.45, 7) is 2.78. The molecule has 1 aliphatic rings. The van der Waals surface area contributed by atoms with Crippen molar-refractivity contribution < 1.29 is 14.1 Å². The van der Waals surface area contributed by atoms with Crippen LogP contribution >= 0.6 is 0 Å². The lowest BCUT2D eigenvalue weighted by molar-refractivity contribution is -0.385. The van der Waals surface area contributed by atoms with E-state index in [2.05, 4.69) is 5.32 Å². The Morgan fingerprint density at radius 1 is 1.19 bits per heavy atom. The van der Waals surface area contributed by atoms with Gasteiger partial charge in [0.1, 0.15) is 12.4 Å². The summed E-state index contributed by atoms with van der Waals surface area (Å²) in [5, 5.41) is 14.2. The van der Waals surface area contributed by atoms with Crippen molar-refractivity contribution in [2.45, 2.75) is 18.9 Å². The molecule has 1 fully saturated rings. The van der Waals surface area contributed by atoms with Crippen LogP contribution in [0.4, 0.5) is 15.8 Å². The van der Waals surface area contributed by atoms with Crippen molar-refractivity contribution in [2.75, 3.05) is 31.1 Å². The van der Waals surface area contributed by atoms with Crippen LogP contribution in [-0.2, 0) is 0 Å². The molecule has 1 heterocycles. The lowest BCUT2D eigenvalue weighted by atomic mass is 10.0. The fourth-order valence-electron chi connectivity index (χ4n) is 3.14. The second-order valence-electron chi connectivity index (χ2n) is 6.27. The zero-order valence-corrected chi connectivity index (χ0v) is 14.4. The zero-order valence-electron chi connectivity index (χ0n) is 14.4. The number of nitrogens with zero attached hydrogens (tertiary/aromatic N) is 2. The molecule has 26 heavy (non-hydrogen) atoms. The molecule has 0 bridgehead atoms. The number of para-hydroxylation sites is 1. The van der Waals surface area contributed by atoms with E-state index in [4.69, 9.17) is 4.74 Å². The van der Waals surface area contributed by atoms with Crippen molar-refractivity contribution in [3.63, 3.8) is 0 Å². The van der Waals surface area contributed by atoms with Gasteiger partial charge in [-0.1, -0.05) is 18.2 Å². The highest BCUT2D eigenvalue weighted by Gasteiger charge is 2.22. The number of hydrogen-bond donors (Lipinski definition) is 1. The van der Waals surface area contributed by atoms with E-state index in [0.29, 0.717) is 31.4 Å². The average molecular weight is 359 g/mol. The van der Waals surface area contributed by atoms with Crippen LogP contribution in [0.15, 0.2) is 48.5 Å². The molecule has 0 saturated carbocycles. The topological polar surface area (TPSA) is 67.6 Å². The number of nitrogens with one attached hydrogen (secondary N) is 1. The number of benzene rings is 2. The minimum absolute atomic E-state index is 0.221. The van der Waals surface area contributed by atoms with E-state index in [-0.39, 0.29) is 5.69 Å². The third-order valence-corrected chi connectivity index (χ3v) is 4.52. The quantitative estimate of drug-likeness (QED) is 0.466. The van der Waals surface area contributed by atoms with Crippen molar-refractivity contribution in [2.24, 2.45) is 0 Å². The molecule has 0 spiro atoms. The summed E-state index contributed by atoms with van der Waals surface area (Å²) in [5.41, 5.74) is 0.211. The van der Waals surface area contributed by atoms with Crippen LogP contribution in [0.3, 0.4) is 0 Å². The number of ether oxygens (including phenoxy) is 1. The normalized spacial score (nSPS) is 15.0. The van der Waals surface area contributed by atoms with Gasteiger partial charge in [-0.05, 0) is 31.0 Å². The summed E-state index contributed by atoms with van der Waals surface area (Å²) in [6.07, 6.45) is 1.78. The van der Waals surface area contributed by atoms with Gasteiger partial charge < -0.3 is 15.0 Å². The smallest absolute Gasteiger partial charge is 0.272 e. The molecule has 1 saturated heterocycles. The van der Waals surface area contributed by atoms with Gasteiger partial charge >= 0.3 is 0 Å². The molecule has 138 valence electrons. The summed E-state index contributed by atoms with van der Waals surface area (Å²) in [4.78, 5) is 12.1. The van der Waals surface area contributed by atoms with Gasteiger partial charge in [-0.25, -0.2) is 4.39 Å². The standard InChI is InChI=1S/C19H22FN3O3/c20-18-14-16(23(24)25)6-7-19(18)22-11-8-15(9-12-22)21-10-13-26-17-4-2-1-3-5-17/h1-7,14-15,21H,8-13H2. The molecule has 6 nitrogen and oxygen atoms in total. The Hall–Kier alpha value is -2.67. The average Bonchev–Trinajstić information content (AvgIpc) is 2.66. The highest BCUT2D eigenvalue weighted by molar-refractivity contribution is 5.52. The van der Waals surface area contributed by atoms with Gasteiger partial charge in [0.25, 0.3) is 5.69 Å². The van der Waals surface area contributed by atoms with E-state index >= 15 is 0 Å². The molecular formula is C19H22FN3O3. The Balaban J connectivity index is 1.42. The summed E-state index contributed by atoms with van der Waals surface area (Å²) >= 11 is 0. The summed E-state index contributed by atoms with van der Waals surface area (Å²) in [7, 11) is 0. The highest BCUT2D eigenvalue weighted by atomic mass is 19.1. The third kappa shape index (κ3) is 4.70. The first-order chi connectivity index (χ1) is 12.6. The number of nitro benzene ring substituents is 1. The van der Waals surface area contributed by atoms with Gasteiger partial charge in [0.15, 0.2) is 5.82 Å². The van der Waals surface area contributed by atoms with E-state index in [1.165, 1.54) is 12.1 Å². The molecule has 7 heteroatoms. The molecule has 0 atom stereocenters. The van der Waals surface area contributed by atoms with Crippen molar-refractivity contribution in [1.29, 1.82) is 0 Å². The van der Waals surface area contributed by atoms with Gasteiger partial charge in [-0.3, -0.25) is 10.1 Å². The Morgan fingerprint density at radius 3 is 2.58 bits per heavy atom. The summed E-state index contributed by atoms with van der Waals surface area (Å²) in [6, 6.07) is 13.9. The summed E-state index contributed by atoms with van der Waals surface area (Å²) in [5.74, 6) is 0.319. The molecule has 0 unspecified atom stereocenters. The number of rotatable bonds is 7. The molecule has 1 aliphatic heterocycles. The van der Waals surface area contributed by atoms with Gasteiger partial charge in [-0.15, -0.1) is 0 Å². The van der Waals surface area contributed by atoms with E-state index < -0.39 is 10.7 Å². The molecule has 0 aliphatic carbocycles. The minimum atomic E-state index is -0.583. The lowest BCUT2D eigenvalue weighted by Crippen LogP contribution is -2.43. The van der Waals surface area contributed by atoms with Crippen LogP contribution in [0.25, 0.3) is 0 Å². The van der Waals surface area contributed by atoms with E-state index in [1.54, 1.807) is 0 Å². The Morgan fingerprint density at radius 2 is 1.92 bits per heavy atom. The molecule has 0 radical (unpaired) electrons. The van der Waals surface area contributed by atoms with Crippen LogP contribution < -0.4 is 15.0 Å². The minimum Gasteiger partial charge on any atom is -0.492 e. The largest absolute Gasteiger partial charge is 0.492 e. The Bertz CT molecular complexity index is 734. The molecule has 0 aromatic heterocycles. The number of halogens is 1. The first-order valence-electron chi connectivity index (χ1n) is 8.73. The Kier molecular flexibility index (Phi) is 6.01. The number of nitro groups is 1. The van der Waals surface area contributed by atoms with Crippen LogP contribution in [0.2, 0.25) is 0 Å². The van der Waals surface area contributed by atoms with Crippen LogP contribution in [0, 0.1) is 15.9 Å². The van der Waals surface area contributed by atoms with E-state index in [9.17, 15) is 14.5 Å². The third-order valence-electron chi connectivity index (χ3n) is 4.52. The fraction of sp³-hybridized carbons (Fsp3) is 0.368. The number of piperidine rings is 1. The second kappa shape index (κ2) is 8.62. The number of hydrogen-bond acceptors (Lipinski definition) is 5.